The molecule has 1 rings (SSSR count). The van der Waals surface area contributed by atoms with Crippen molar-refractivity contribution in [3.63, 3.8) is 0 Å². The van der Waals surface area contributed by atoms with E-state index in [4.69, 9.17) is 0 Å². The first-order chi connectivity index (χ1) is 3.30. The van der Waals surface area contributed by atoms with Crippen LogP contribution in [-0.4, -0.2) is 10.2 Å². The largest absolute Gasteiger partial charge is 0.307 e. The van der Waals surface area contributed by atoms with Crippen molar-refractivity contribution in [1.82, 2.24) is 10.2 Å². The van der Waals surface area contributed by atoms with Crippen molar-refractivity contribution in [2.45, 2.75) is 19.8 Å². The molecule has 0 spiro atoms. The molecule has 1 heterocycles. The van der Waals surface area contributed by atoms with Gasteiger partial charge in [-0.25, -0.2) is 0 Å². The molecular formula is C5H10N2. The maximum atomic E-state index is 2.96. The van der Waals surface area contributed by atoms with E-state index in [1.165, 1.54) is 5.69 Å². The smallest absolute Gasteiger partial charge is 0.0514 e. The number of aromatic nitrogens is 2. The van der Waals surface area contributed by atoms with Gasteiger partial charge in [-0.05, 0) is 5.92 Å². The third-order valence-corrected chi connectivity index (χ3v) is 1.07. The summed E-state index contributed by atoms with van der Waals surface area (Å²) in [7, 11) is 0. The minimum absolute atomic E-state index is 0.640. The second-order valence-corrected chi connectivity index (χ2v) is 2.02. The summed E-state index contributed by atoms with van der Waals surface area (Å²) in [4.78, 5) is 0. The molecule has 0 atom stereocenters. The highest BCUT2D eigenvalue weighted by Gasteiger charge is 1.97. The molecule has 0 bridgehead atoms. The predicted octanol–water partition coefficient (Wildman–Crippen LogP) is 1.47. The van der Waals surface area contributed by atoms with Gasteiger partial charge in [-0.2, -0.15) is 0 Å². The molecule has 0 saturated carbocycles. The van der Waals surface area contributed by atoms with Crippen LogP contribution in [0.1, 0.15) is 25.5 Å². The first-order valence-corrected chi connectivity index (χ1v) is 2.52. The normalized spacial score (nSPS) is 10.7. The van der Waals surface area contributed by atoms with E-state index in [0.29, 0.717) is 5.92 Å². The lowest BCUT2D eigenvalue weighted by Crippen LogP contribution is -1.98. The van der Waals surface area contributed by atoms with Gasteiger partial charge < -0.3 is 10.2 Å². The summed E-state index contributed by atoms with van der Waals surface area (Å²) >= 11 is 0. The molecule has 1 aromatic rings. The second-order valence-electron chi connectivity index (χ2n) is 2.02. The Balaban J connectivity index is 2.54. The van der Waals surface area contributed by atoms with Crippen molar-refractivity contribution in [1.29, 1.82) is 0 Å². The molecule has 0 aliphatic rings. The Bertz CT molecular complexity index is 118. The Morgan fingerprint density at radius 1 is 1.57 bits per heavy atom. The van der Waals surface area contributed by atoms with E-state index in [2.05, 4.69) is 24.0 Å². The van der Waals surface area contributed by atoms with Gasteiger partial charge in [-0.1, -0.05) is 13.8 Å². The Morgan fingerprint density at radius 3 is 2.14 bits per heavy atom. The number of hydrogen-bond acceptors (Lipinski definition) is 0. The lowest BCUT2D eigenvalue weighted by Gasteiger charge is -2.06. The summed E-state index contributed by atoms with van der Waals surface area (Å²) in [5, 5.41) is 5.79. The quantitative estimate of drug-likeness (QED) is 0.533. The van der Waals surface area contributed by atoms with Crippen molar-refractivity contribution >= 4 is 0 Å². The highest BCUT2D eigenvalue weighted by molar-refractivity contribution is 4.98. The van der Waals surface area contributed by atoms with Crippen molar-refractivity contribution in [3.8, 4) is 0 Å². The molecule has 0 aromatic carbocycles. The molecule has 7 heavy (non-hydrogen) atoms. The number of nitrogens with one attached hydrogen (secondary N) is 2. The van der Waals surface area contributed by atoms with Crippen LogP contribution in [0.25, 0.3) is 0 Å². The van der Waals surface area contributed by atoms with E-state index in [1.807, 2.05) is 6.20 Å². The van der Waals surface area contributed by atoms with Crippen molar-refractivity contribution in [2.75, 3.05) is 0 Å². The number of rotatable bonds is 1. The average molecular weight is 98.1 g/mol. The van der Waals surface area contributed by atoms with E-state index in [1.54, 1.807) is 0 Å². The van der Waals surface area contributed by atoms with Gasteiger partial charge in [-0.3, -0.25) is 0 Å². The Kier molecular flexibility index (Phi) is 0.929. The molecule has 0 saturated heterocycles. The van der Waals surface area contributed by atoms with Crippen LogP contribution in [0.4, 0.5) is 0 Å². The third-order valence-electron chi connectivity index (χ3n) is 1.07. The molecule has 2 heteroatoms. The van der Waals surface area contributed by atoms with Crippen LogP contribution in [0, 0.1) is 0 Å². The molecular weight excluding hydrogens is 88.1 g/mol. The summed E-state index contributed by atoms with van der Waals surface area (Å²) < 4.78 is 0. The fourth-order valence-electron chi connectivity index (χ4n) is 0.467. The minimum Gasteiger partial charge on any atom is -0.307 e. The molecule has 2 nitrogen and oxygen atoms in total. The van der Waals surface area contributed by atoms with E-state index >= 15 is 0 Å². The zero-order chi connectivity index (χ0) is 5.28. The minimum atomic E-state index is 0.640. The van der Waals surface area contributed by atoms with Crippen LogP contribution < -0.4 is 0 Å². The first kappa shape index (κ1) is 4.50. The fourth-order valence-corrected chi connectivity index (χ4v) is 0.467. The lowest BCUT2D eigenvalue weighted by molar-refractivity contribution is 0.737. The predicted molar refractivity (Wildman–Crippen MR) is 29.2 cm³/mol. The number of aromatic amines is 2. The number of H-pyrrole nitrogens is 2. The van der Waals surface area contributed by atoms with E-state index in [0.717, 1.165) is 0 Å². The van der Waals surface area contributed by atoms with Crippen molar-refractivity contribution < 1.29 is 0 Å². The second kappa shape index (κ2) is 1.45. The SMILES string of the molecule is CC(C)c1c[nH][nH]1. The third kappa shape index (κ3) is 0.683. The molecule has 0 unspecified atom stereocenters. The topological polar surface area (TPSA) is 31.6 Å². The van der Waals surface area contributed by atoms with Gasteiger partial charge in [0.1, 0.15) is 0 Å². The van der Waals surface area contributed by atoms with Crippen LogP contribution in [0.3, 0.4) is 0 Å². The zero-order valence-electron chi connectivity index (χ0n) is 4.65. The van der Waals surface area contributed by atoms with Crippen LogP contribution >= 0.6 is 0 Å². The van der Waals surface area contributed by atoms with Crippen molar-refractivity contribution in [2.24, 2.45) is 0 Å². The summed E-state index contributed by atoms with van der Waals surface area (Å²) in [6.07, 6.45) is 1.98. The van der Waals surface area contributed by atoms with Crippen LogP contribution in [0.5, 0.6) is 0 Å². The van der Waals surface area contributed by atoms with Gasteiger partial charge in [-0.15, -0.1) is 0 Å². The monoisotopic (exact) mass is 98.1 g/mol. The average Bonchev–Trinajstić information content (AvgIpc) is 1.23. The highest BCUT2D eigenvalue weighted by atomic mass is 15.1. The summed E-state index contributed by atoms with van der Waals surface area (Å²) in [5.41, 5.74) is 1.29. The highest BCUT2D eigenvalue weighted by Crippen LogP contribution is 2.08. The van der Waals surface area contributed by atoms with Gasteiger partial charge in [0, 0.05) is 6.20 Å². The summed E-state index contributed by atoms with van der Waals surface area (Å²) in [6, 6.07) is 0. The summed E-state index contributed by atoms with van der Waals surface area (Å²) in [6.45, 7) is 4.30. The molecule has 0 amide bonds. The molecule has 0 fully saturated rings. The van der Waals surface area contributed by atoms with Gasteiger partial charge in [0.15, 0.2) is 0 Å². The van der Waals surface area contributed by atoms with E-state index < -0.39 is 0 Å². The summed E-state index contributed by atoms with van der Waals surface area (Å²) in [5.74, 6) is 0.640. The van der Waals surface area contributed by atoms with Gasteiger partial charge >= 0.3 is 0 Å². The fraction of sp³-hybridized carbons (Fsp3) is 0.600. The molecule has 1 aromatic heterocycles. The number of hydrogen-bond donors (Lipinski definition) is 2. The van der Waals surface area contributed by atoms with Gasteiger partial charge in [0.05, 0.1) is 5.69 Å². The molecule has 40 valence electrons. The van der Waals surface area contributed by atoms with Gasteiger partial charge in [0.2, 0.25) is 0 Å². The Morgan fingerprint density at radius 2 is 2.14 bits per heavy atom. The molecule has 0 aliphatic heterocycles. The lowest BCUT2D eigenvalue weighted by atomic mass is 10.1. The van der Waals surface area contributed by atoms with Crippen molar-refractivity contribution in [3.05, 3.63) is 11.9 Å². The van der Waals surface area contributed by atoms with Crippen LogP contribution in [0.2, 0.25) is 0 Å². The molecule has 2 N–H and O–H groups in total. The maximum Gasteiger partial charge on any atom is 0.0514 e. The Labute approximate surface area is 42.9 Å². The Hall–Kier alpha value is -0.660. The van der Waals surface area contributed by atoms with E-state index in [9.17, 15) is 0 Å². The van der Waals surface area contributed by atoms with Gasteiger partial charge in [0.25, 0.3) is 0 Å². The standard InChI is InChI=1S/C5H10N2/c1-4(2)5-3-6-7-5/h3-4,6-7H,1-2H3. The van der Waals surface area contributed by atoms with Crippen LogP contribution in [0.15, 0.2) is 6.20 Å². The zero-order valence-corrected chi connectivity index (χ0v) is 4.65. The molecule has 0 radical (unpaired) electrons. The first-order valence-electron chi connectivity index (χ1n) is 2.52. The maximum absolute atomic E-state index is 2.96. The van der Waals surface area contributed by atoms with Crippen LogP contribution in [-0.2, 0) is 0 Å². The molecule has 0 aliphatic carbocycles. The van der Waals surface area contributed by atoms with E-state index in [-0.39, 0.29) is 0 Å².